The highest BCUT2D eigenvalue weighted by Gasteiger charge is 2.05. The molecule has 0 N–H and O–H groups in total. The Bertz CT molecular complexity index is 423. The van der Waals surface area contributed by atoms with Crippen LogP contribution in [0.5, 0.6) is 11.5 Å². The molecule has 0 aliphatic carbocycles. The first-order valence-corrected chi connectivity index (χ1v) is 10.2. The molecule has 0 saturated carbocycles. The van der Waals surface area contributed by atoms with Crippen LogP contribution >= 0.6 is 28.0 Å². The maximum absolute atomic E-state index is 5.74. The summed E-state index contributed by atoms with van der Waals surface area (Å²) < 4.78 is 22.9. The van der Waals surface area contributed by atoms with Crippen LogP contribution in [0.4, 0.5) is 0 Å². The van der Waals surface area contributed by atoms with E-state index in [4.69, 9.17) is 18.4 Å². The van der Waals surface area contributed by atoms with Gasteiger partial charge in [-0.1, -0.05) is 6.92 Å². The van der Waals surface area contributed by atoms with E-state index in [1.807, 2.05) is 18.2 Å². The molecule has 0 saturated heterocycles. The Morgan fingerprint density at radius 1 is 1.18 bits per heavy atom. The Morgan fingerprint density at radius 2 is 2.00 bits per heavy atom. The van der Waals surface area contributed by atoms with E-state index in [1.165, 1.54) is 0 Å². The molecule has 0 spiro atoms. The minimum absolute atomic E-state index is 0.525. The molecule has 1 aromatic carbocycles. The summed E-state index contributed by atoms with van der Waals surface area (Å²) >= 11 is 5.05. The van der Waals surface area contributed by atoms with Crippen molar-refractivity contribution < 1.29 is 18.4 Å². The lowest BCUT2D eigenvalue weighted by molar-refractivity contribution is 0.172. The van der Waals surface area contributed by atoms with E-state index in [0.717, 1.165) is 39.1 Å². The Morgan fingerprint density at radius 3 is 2.73 bits per heavy atom. The van der Waals surface area contributed by atoms with E-state index in [1.54, 1.807) is 19.2 Å². The van der Waals surface area contributed by atoms with Gasteiger partial charge < -0.3 is 18.4 Å². The van der Waals surface area contributed by atoms with E-state index >= 15 is 0 Å². The second-order valence-corrected chi connectivity index (χ2v) is 9.09. The predicted octanol–water partition coefficient (Wildman–Crippen LogP) is 3.01. The first kappa shape index (κ1) is 19.8. The minimum Gasteiger partial charge on any atom is -0.493 e. The van der Waals surface area contributed by atoms with Crippen molar-refractivity contribution in [3.63, 3.8) is 0 Å². The van der Waals surface area contributed by atoms with Crippen molar-refractivity contribution in [1.82, 2.24) is 0 Å². The van der Waals surface area contributed by atoms with Crippen molar-refractivity contribution in [2.75, 3.05) is 33.5 Å². The molecular formula is C15H25BrO4SSi. The maximum Gasteiger partial charge on any atom is 0.137 e. The Hall–Kier alpha value is -0.213. The van der Waals surface area contributed by atoms with E-state index in [2.05, 4.69) is 22.9 Å². The van der Waals surface area contributed by atoms with E-state index < -0.39 is 0 Å². The van der Waals surface area contributed by atoms with Crippen LogP contribution in [0.3, 0.4) is 0 Å². The third-order valence-electron chi connectivity index (χ3n) is 2.90. The zero-order valence-electron chi connectivity index (χ0n) is 13.5. The minimum atomic E-state index is 0.525. The molecule has 0 heterocycles. The Kier molecular flexibility index (Phi) is 11.0. The quantitative estimate of drug-likeness (QED) is 0.301. The zero-order valence-corrected chi connectivity index (χ0v) is 17.9. The molecule has 0 amide bonds. The van der Waals surface area contributed by atoms with E-state index in [9.17, 15) is 0 Å². The standard InChI is InChI=1S/C15H25BrO4SSi/c1-3-15(22)21-20-10-9-19-14-11-12(5-6-13(14)16)18-8-4-7-17-2/h5-6,11,15H,3-4,7-10H2,1-2,22H3. The number of hydrogen-bond acceptors (Lipinski definition) is 5. The lowest BCUT2D eigenvalue weighted by Gasteiger charge is -2.12. The zero-order chi connectivity index (χ0) is 16.2. The van der Waals surface area contributed by atoms with Crippen molar-refractivity contribution in [2.24, 2.45) is 0 Å². The largest absolute Gasteiger partial charge is 0.493 e. The van der Waals surface area contributed by atoms with Crippen LogP contribution in [-0.4, -0.2) is 48.7 Å². The van der Waals surface area contributed by atoms with Crippen LogP contribution in [-0.2, 0) is 8.92 Å². The second kappa shape index (κ2) is 12.2. The van der Waals surface area contributed by atoms with Gasteiger partial charge in [0.15, 0.2) is 0 Å². The van der Waals surface area contributed by atoms with Gasteiger partial charge in [-0.05, 0) is 46.5 Å². The second-order valence-electron chi connectivity index (χ2n) is 4.77. The molecule has 1 rings (SSSR count). The number of rotatable bonds is 12. The molecule has 4 nitrogen and oxygen atoms in total. The third kappa shape index (κ3) is 8.43. The molecule has 22 heavy (non-hydrogen) atoms. The molecule has 1 aromatic rings. The fourth-order valence-corrected chi connectivity index (χ4v) is 2.80. The number of hydrogen-bond donors (Lipinski definition) is 0. The Labute approximate surface area is 149 Å². The van der Waals surface area contributed by atoms with Gasteiger partial charge in [0.05, 0.1) is 17.7 Å². The highest BCUT2D eigenvalue weighted by molar-refractivity contribution is 9.10. The van der Waals surface area contributed by atoms with Gasteiger partial charge in [0.25, 0.3) is 0 Å². The number of benzene rings is 1. The summed E-state index contributed by atoms with van der Waals surface area (Å²) in [6, 6.07) is 5.75. The molecule has 0 aliphatic rings. The molecule has 1 atom stereocenters. The van der Waals surface area contributed by atoms with E-state index in [0.29, 0.717) is 31.3 Å². The summed E-state index contributed by atoms with van der Waals surface area (Å²) in [6.07, 6.45) is 2.03. The summed E-state index contributed by atoms with van der Waals surface area (Å²) in [5.41, 5.74) is 0. The average Bonchev–Trinajstić information content (AvgIpc) is 2.53. The third-order valence-corrected chi connectivity index (χ3v) is 5.91. The fraction of sp³-hybridized carbons (Fsp3) is 0.600. The normalized spacial score (nSPS) is 12.3. The summed E-state index contributed by atoms with van der Waals surface area (Å²) in [5.74, 6) is 1.57. The van der Waals surface area contributed by atoms with Gasteiger partial charge in [0.1, 0.15) is 18.1 Å². The highest BCUT2D eigenvalue weighted by atomic mass is 79.9. The first-order chi connectivity index (χ1) is 10.7. The van der Waals surface area contributed by atoms with Gasteiger partial charge >= 0.3 is 0 Å². The van der Waals surface area contributed by atoms with Gasteiger partial charge in [-0.3, -0.25) is 0 Å². The number of methoxy groups -OCH3 is 1. The molecule has 126 valence electrons. The smallest absolute Gasteiger partial charge is 0.137 e. The number of ether oxygens (including phenoxy) is 3. The molecule has 7 heteroatoms. The monoisotopic (exact) mass is 408 g/mol. The van der Waals surface area contributed by atoms with Crippen molar-refractivity contribution in [2.45, 2.75) is 24.6 Å². The van der Waals surface area contributed by atoms with Crippen molar-refractivity contribution in [3.05, 3.63) is 22.7 Å². The van der Waals surface area contributed by atoms with Crippen molar-refractivity contribution >= 4 is 38.2 Å². The molecule has 1 unspecified atom stereocenters. The molecule has 0 radical (unpaired) electrons. The number of halogens is 1. The van der Waals surface area contributed by atoms with Gasteiger partial charge in [-0.2, -0.15) is 0 Å². The summed E-state index contributed by atoms with van der Waals surface area (Å²) in [6.45, 7) is 4.62. The first-order valence-electron chi connectivity index (χ1n) is 7.49. The average molecular weight is 409 g/mol. The van der Waals surface area contributed by atoms with Gasteiger partial charge in [-0.15, -0.1) is 0 Å². The lowest BCUT2D eigenvalue weighted by Crippen LogP contribution is -2.07. The van der Waals surface area contributed by atoms with Crippen LogP contribution in [0.25, 0.3) is 0 Å². The highest BCUT2D eigenvalue weighted by Crippen LogP contribution is 2.29. The topological polar surface area (TPSA) is 36.9 Å². The summed E-state index contributed by atoms with van der Waals surface area (Å²) in [7, 11) is 2.84. The summed E-state index contributed by atoms with van der Waals surface area (Å²) in [5, 5.41) is 0. The SMILES string of the molecule is CCC([SiH3])SOCCOc1cc(OCCCOC)ccc1Br. The molecular weight excluding hydrogens is 384 g/mol. The van der Waals surface area contributed by atoms with Crippen LogP contribution in [0.15, 0.2) is 22.7 Å². The lowest BCUT2D eigenvalue weighted by atomic mass is 10.3. The Balaban J connectivity index is 2.32. The van der Waals surface area contributed by atoms with Crippen LogP contribution in [0, 0.1) is 0 Å². The molecule has 0 fully saturated rings. The van der Waals surface area contributed by atoms with Gasteiger partial charge in [0.2, 0.25) is 0 Å². The van der Waals surface area contributed by atoms with Crippen molar-refractivity contribution in [3.8, 4) is 11.5 Å². The van der Waals surface area contributed by atoms with Gasteiger partial charge in [-0.25, -0.2) is 0 Å². The van der Waals surface area contributed by atoms with Crippen LogP contribution in [0.1, 0.15) is 19.8 Å². The predicted molar refractivity (Wildman–Crippen MR) is 99.2 cm³/mol. The molecule has 0 aliphatic heterocycles. The van der Waals surface area contributed by atoms with Crippen LogP contribution < -0.4 is 9.47 Å². The van der Waals surface area contributed by atoms with Crippen molar-refractivity contribution in [1.29, 1.82) is 0 Å². The summed E-state index contributed by atoms with van der Waals surface area (Å²) in [4.78, 5) is 0.649. The van der Waals surface area contributed by atoms with Crippen LogP contribution in [0.2, 0.25) is 0 Å². The maximum atomic E-state index is 5.74. The molecule has 0 aromatic heterocycles. The van der Waals surface area contributed by atoms with E-state index in [-0.39, 0.29) is 0 Å². The van der Waals surface area contributed by atoms with Gasteiger partial charge in [0, 0.05) is 41.3 Å². The molecule has 0 bridgehead atoms. The fourth-order valence-electron chi connectivity index (χ4n) is 1.50.